The first-order chi connectivity index (χ1) is 12.7. The van der Waals surface area contributed by atoms with Crippen molar-refractivity contribution in [1.82, 2.24) is 9.78 Å². The Labute approximate surface area is 161 Å². The van der Waals surface area contributed by atoms with Crippen LogP contribution in [0.3, 0.4) is 0 Å². The Morgan fingerprint density at radius 1 is 1.19 bits per heavy atom. The molecule has 0 saturated carbocycles. The first-order valence-corrected chi connectivity index (χ1v) is 10.1. The van der Waals surface area contributed by atoms with Gasteiger partial charge in [-0.05, 0) is 35.9 Å². The van der Waals surface area contributed by atoms with Gasteiger partial charge in [0.05, 0.1) is 28.0 Å². The molecule has 6 nitrogen and oxygen atoms in total. The average Bonchev–Trinajstić information content (AvgIpc) is 3.06. The smallest absolute Gasteiger partial charge is 0.252 e. The lowest BCUT2D eigenvalue weighted by Crippen LogP contribution is -2.14. The third kappa shape index (κ3) is 3.79. The zero-order valence-electron chi connectivity index (χ0n) is 14.4. The van der Waals surface area contributed by atoms with E-state index in [9.17, 15) is 13.2 Å². The maximum absolute atomic E-state index is 11.9. The Bertz CT molecular complexity index is 1150. The number of aromatic nitrogens is 2. The molecule has 138 valence electrons. The fourth-order valence-corrected chi connectivity index (χ4v) is 3.44. The predicted molar refractivity (Wildman–Crippen MR) is 105 cm³/mol. The number of hydrogen-bond donors (Lipinski definition) is 1. The van der Waals surface area contributed by atoms with Crippen LogP contribution in [0, 0.1) is 0 Å². The zero-order chi connectivity index (χ0) is 19.8. The van der Waals surface area contributed by atoms with Crippen molar-refractivity contribution in [2.75, 3.05) is 6.26 Å². The quantitative estimate of drug-likeness (QED) is 0.710. The zero-order valence-corrected chi connectivity index (χ0v) is 16.0. The van der Waals surface area contributed by atoms with Crippen molar-refractivity contribution >= 4 is 32.9 Å². The van der Waals surface area contributed by atoms with Crippen molar-refractivity contribution in [2.24, 2.45) is 5.73 Å². The van der Waals surface area contributed by atoms with E-state index in [1.807, 2.05) is 0 Å². The van der Waals surface area contributed by atoms with Crippen LogP contribution in [0.2, 0.25) is 5.02 Å². The van der Waals surface area contributed by atoms with Crippen molar-refractivity contribution < 1.29 is 13.2 Å². The molecule has 1 aromatic heterocycles. The summed E-state index contributed by atoms with van der Waals surface area (Å²) in [5.41, 5.74) is 7.76. The van der Waals surface area contributed by atoms with Gasteiger partial charge >= 0.3 is 0 Å². The summed E-state index contributed by atoms with van der Waals surface area (Å²) in [5.74, 6) is -0.661. The fraction of sp³-hybridized carbons (Fsp3) is 0.0526. The Morgan fingerprint density at radius 3 is 2.44 bits per heavy atom. The van der Waals surface area contributed by atoms with Gasteiger partial charge in [0.15, 0.2) is 9.84 Å². The number of primary amides is 1. The van der Waals surface area contributed by atoms with Crippen molar-refractivity contribution in [3.8, 4) is 5.69 Å². The van der Waals surface area contributed by atoms with Crippen LogP contribution in [0.15, 0.2) is 66.2 Å². The summed E-state index contributed by atoms with van der Waals surface area (Å²) in [6.45, 7) is 4.07. The van der Waals surface area contributed by atoms with Crippen molar-refractivity contribution in [2.45, 2.75) is 4.90 Å². The van der Waals surface area contributed by atoms with Gasteiger partial charge in [-0.3, -0.25) is 4.79 Å². The minimum absolute atomic E-state index is 0.138. The molecule has 1 heterocycles. The molecule has 0 fully saturated rings. The number of sulfone groups is 1. The van der Waals surface area contributed by atoms with E-state index >= 15 is 0 Å². The topological polar surface area (TPSA) is 95.1 Å². The summed E-state index contributed by atoms with van der Waals surface area (Å²) in [7, 11) is -3.40. The largest absolute Gasteiger partial charge is 0.365 e. The fourth-order valence-electron chi connectivity index (χ4n) is 2.65. The standard InChI is InChI=1S/C19H16ClN3O3S/c1-12(13-6-8-14(20)9-7-13)18-17(19(21)24)11-22-23(18)15-4-3-5-16(10-15)27(2,25)26/h3-11H,1H2,2H3,(H2,21,24). The first-order valence-electron chi connectivity index (χ1n) is 7.82. The third-order valence-electron chi connectivity index (χ3n) is 4.00. The van der Waals surface area contributed by atoms with Crippen LogP contribution in [0.25, 0.3) is 11.3 Å². The number of amides is 1. The number of carbonyl (C=O) groups excluding carboxylic acids is 1. The van der Waals surface area contributed by atoms with Crippen LogP contribution < -0.4 is 5.73 Å². The Kier molecular flexibility index (Phi) is 4.91. The number of nitrogens with two attached hydrogens (primary N) is 1. The van der Waals surface area contributed by atoms with E-state index in [4.69, 9.17) is 17.3 Å². The molecule has 0 saturated heterocycles. The number of hydrogen-bond acceptors (Lipinski definition) is 4. The number of rotatable bonds is 5. The lowest BCUT2D eigenvalue weighted by atomic mass is 10.0. The van der Waals surface area contributed by atoms with Gasteiger partial charge < -0.3 is 5.73 Å². The Balaban J connectivity index is 2.20. The summed E-state index contributed by atoms with van der Waals surface area (Å²) < 4.78 is 25.2. The molecular weight excluding hydrogens is 386 g/mol. The highest BCUT2D eigenvalue weighted by Crippen LogP contribution is 2.28. The van der Waals surface area contributed by atoms with E-state index in [-0.39, 0.29) is 10.5 Å². The molecule has 0 unspecified atom stereocenters. The predicted octanol–water partition coefficient (Wildman–Crippen LogP) is 3.09. The number of nitrogens with zero attached hydrogens (tertiary/aromatic N) is 2. The lowest BCUT2D eigenvalue weighted by Gasteiger charge is -2.13. The maximum Gasteiger partial charge on any atom is 0.252 e. The summed E-state index contributed by atoms with van der Waals surface area (Å²) in [6, 6.07) is 13.2. The number of carbonyl (C=O) groups is 1. The van der Waals surface area contributed by atoms with E-state index in [0.29, 0.717) is 22.0 Å². The van der Waals surface area contributed by atoms with E-state index in [0.717, 1.165) is 11.8 Å². The summed E-state index contributed by atoms with van der Waals surface area (Å²) >= 11 is 5.93. The molecule has 0 radical (unpaired) electrons. The minimum atomic E-state index is -3.40. The molecule has 8 heteroatoms. The van der Waals surface area contributed by atoms with Crippen LogP contribution >= 0.6 is 11.6 Å². The highest BCUT2D eigenvalue weighted by atomic mass is 35.5. The Hall–Kier alpha value is -2.90. The summed E-state index contributed by atoms with van der Waals surface area (Å²) in [6.07, 6.45) is 2.46. The number of halogens is 1. The lowest BCUT2D eigenvalue weighted by molar-refractivity contribution is 0.1000. The molecular formula is C19H16ClN3O3S. The van der Waals surface area contributed by atoms with Crippen LogP contribution in [0.1, 0.15) is 21.6 Å². The molecule has 27 heavy (non-hydrogen) atoms. The summed E-state index contributed by atoms with van der Waals surface area (Å²) in [5, 5.41) is 4.79. The normalized spacial score (nSPS) is 11.3. The van der Waals surface area contributed by atoms with Crippen molar-refractivity contribution in [1.29, 1.82) is 0 Å². The summed E-state index contributed by atoms with van der Waals surface area (Å²) in [4.78, 5) is 12.0. The molecule has 3 aromatic rings. The molecule has 0 aliphatic heterocycles. The van der Waals surface area contributed by atoms with Gasteiger partial charge in [-0.15, -0.1) is 0 Å². The highest BCUT2D eigenvalue weighted by molar-refractivity contribution is 7.90. The van der Waals surface area contributed by atoms with Gasteiger partial charge in [-0.2, -0.15) is 5.10 Å². The molecule has 0 aliphatic carbocycles. The molecule has 2 N–H and O–H groups in total. The third-order valence-corrected chi connectivity index (χ3v) is 5.37. The van der Waals surface area contributed by atoms with E-state index in [1.54, 1.807) is 36.4 Å². The van der Waals surface area contributed by atoms with Crippen LogP contribution in [0.5, 0.6) is 0 Å². The van der Waals surface area contributed by atoms with Gasteiger partial charge in [-0.25, -0.2) is 13.1 Å². The van der Waals surface area contributed by atoms with Gasteiger partial charge in [0.1, 0.15) is 0 Å². The van der Waals surface area contributed by atoms with E-state index in [2.05, 4.69) is 11.7 Å². The minimum Gasteiger partial charge on any atom is -0.365 e. The van der Waals surface area contributed by atoms with Gasteiger partial charge in [0.2, 0.25) is 0 Å². The Morgan fingerprint density at radius 2 is 1.85 bits per heavy atom. The second-order valence-corrected chi connectivity index (χ2v) is 8.39. The first kappa shape index (κ1) is 18.9. The average molecular weight is 402 g/mol. The van der Waals surface area contributed by atoms with Crippen LogP contribution in [-0.4, -0.2) is 30.4 Å². The molecule has 1 amide bonds. The van der Waals surface area contributed by atoms with Crippen LogP contribution in [-0.2, 0) is 9.84 Å². The molecule has 3 rings (SSSR count). The van der Waals surface area contributed by atoms with Crippen molar-refractivity contribution in [3.63, 3.8) is 0 Å². The van der Waals surface area contributed by atoms with E-state index < -0.39 is 15.7 Å². The molecule has 2 aromatic carbocycles. The highest BCUT2D eigenvalue weighted by Gasteiger charge is 2.20. The molecule has 0 aliphatic rings. The second-order valence-electron chi connectivity index (χ2n) is 5.94. The van der Waals surface area contributed by atoms with E-state index in [1.165, 1.54) is 23.0 Å². The van der Waals surface area contributed by atoms with Crippen LogP contribution in [0.4, 0.5) is 0 Å². The second kappa shape index (κ2) is 7.02. The molecule has 0 atom stereocenters. The molecule has 0 spiro atoms. The molecule has 0 bridgehead atoms. The van der Waals surface area contributed by atoms with Crippen molar-refractivity contribution in [3.05, 3.63) is 83.2 Å². The van der Waals surface area contributed by atoms with Gasteiger partial charge in [0.25, 0.3) is 5.91 Å². The SMILES string of the molecule is C=C(c1ccc(Cl)cc1)c1c(C(N)=O)cnn1-c1cccc(S(C)(=O)=O)c1. The monoisotopic (exact) mass is 401 g/mol. The number of benzene rings is 2. The van der Waals surface area contributed by atoms with Gasteiger partial charge in [-0.1, -0.05) is 36.4 Å². The maximum atomic E-state index is 11.9. The van der Waals surface area contributed by atoms with Gasteiger partial charge in [0, 0.05) is 16.9 Å².